The van der Waals surface area contributed by atoms with Crippen molar-refractivity contribution in [1.82, 2.24) is 10.2 Å². The first kappa shape index (κ1) is 17.2. The molecule has 2 rings (SSSR count). The van der Waals surface area contributed by atoms with Gasteiger partial charge >= 0.3 is 0 Å². The maximum Gasteiger partial charge on any atom is 0.0616 e. The monoisotopic (exact) mass is 296 g/mol. The van der Waals surface area contributed by atoms with Crippen molar-refractivity contribution in [1.29, 1.82) is 0 Å². The van der Waals surface area contributed by atoms with E-state index in [9.17, 15) is 5.11 Å². The highest BCUT2D eigenvalue weighted by atomic mass is 16.3. The summed E-state index contributed by atoms with van der Waals surface area (Å²) in [5, 5.41) is 13.7. The first-order valence-electron chi connectivity index (χ1n) is 9.21. The molecule has 21 heavy (non-hydrogen) atoms. The molecule has 1 saturated carbocycles. The molecule has 2 aliphatic rings. The van der Waals surface area contributed by atoms with Gasteiger partial charge in [-0.25, -0.2) is 0 Å². The molecule has 4 unspecified atom stereocenters. The highest BCUT2D eigenvalue weighted by Gasteiger charge is 2.41. The molecule has 0 spiro atoms. The molecule has 124 valence electrons. The van der Waals surface area contributed by atoms with Gasteiger partial charge in [0.2, 0.25) is 0 Å². The Bertz CT molecular complexity index is 310. The van der Waals surface area contributed by atoms with Crippen molar-refractivity contribution in [2.45, 2.75) is 77.3 Å². The molecule has 0 bridgehead atoms. The van der Waals surface area contributed by atoms with E-state index in [1.54, 1.807) is 0 Å². The molecule has 3 heteroatoms. The molecule has 4 atom stereocenters. The van der Waals surface area contributed by atoms with Crippen LogP contribution in [0.15, 0.2) is 0 Å². The van der Waals surface area contributed by atoms with Crippen molar-refractivity contribution in [3.05, 3.63) is 0 Å². The summed E-state index contributed by atoms with van der Waals surface area (Å²) in [6, 6.07) is 0.745. The highest BCUT2D eigenvalue weighted by Crippen LogP contribution is 2.38. The van der Waals surface area contributed by atoms with Gasteiger partial charge in [0, 0.05) is 18.1 Å². The van der Waals surface area contributed by atoms with E-state index in [1.165, 1.54) is 45.2 Å². The van der Waals surface area contributed by atoms with Crippen LogP contribution in [0.25, 0.3) is 0 Å². The zero-order valence-electron chi connectivity index (χ0n) is 14.4. The van der Waals surface area contributed by atoms with Crippen LogP contribution in [0, 0.1) is 11.8 Å². The van der Waals surface area contributed by atoms with E-state index in [2.05, 4.69) is 31.0 Å². The van der Waals surface area contributed by atoms with E-state index in [4.69, 9.17) is 0 Å². The summed E-state index contributed by atoms with van der Waals surface area (Å²) < 4.78 is 0. The smallest absolute Gasteiger partial charge is 0.0616 e. The highest BCUT2D eigenvalue weighted by molar-refractivity contribution is 4.99. The van der Waals surface area contributed by atoms with Gasteiger partial charge in [-0.05, 0) is 70.4 Å². The maximum absolute atomic E-state index is 9.97. The average molecular weight is 296 g/mol. The molecule has 1 saturated heterocycles. The van der Waals surface area contributed by atoms with Crippen LogP contribution < -0.4 is 5.32 Å². The lowest BCUT2D eigenvalue weighted by atomic mass is 9.84. The lowest BCUT2D eigenvalue weighted by Gasteiger charge is -2.40. The van der Waals surface area contributed by atoms with Crippen LogP contribution in [0.3, 0.4) is 0 Å². The van der Waals surface area contributed by atoms with Crippen molar-refractivity contribution in [3.8, 4) is 0 Å². The standard InChI is InChI=1S/C18H36N2O/c1-4-11-19-18(14-21)10-5-6-17(18)9-12-20-13-15(2)7-8-16(20)3/h15-17,19,21H,4-14H2,1-3H3. The van der Waals surface area contributed by atoms with Crippen molar-refractivity contribution < 1.29 is 5.11 Å². The van der Waals surface area contributed by atoms with E-state index in [-0.39, 0.29) is 5.54 Å². The Kier molecular flexibility index (Phi) is 6.51. The molecule has 1 aliphatic heterocycles. The van der Waals surface area contributed by atoms with E-state index < -0.39 is 0 Å². The zero-order valence-corrected chi connectivity index (χ0v) is 14.4. The molecule has 1 aliphatic carbocycles. The molecule has 3 nitrogen and oxygen atoms in total. The normalized spacial score (nSPS) is 38.0. The summed E-state index contributed by atoms with van der Waals surface area (Å²) in [5.41, 5.74) is 0.0145. The summed E-state index contributed by atoms with van der Waals surface area (Å²) >= 11 is 0. The molecule has 0 aromatic heterocycles. The molecule has 0 aromatic carbocycles. The predicted molar refractivity (Wildman–Crippen MR) is 89.5 cm³/mol. The van der Waals surface area contributed by atoms with Crippen molar-refractivity contribution in [2.24, 2.45) is 11.8 Å². The lowest BCUT2D eigenvalue weighted by molar-refractivity contribution is 0.0863. The van der Waals surface area contributed by atoms with Gasteiger partial charge in [0.1, 0.15) is 0 Å². The van der Waals surface area contributed by atoms with Gasteiger partial charge in [-0.15, -0.1) is 0 Å². The molecule has 1 heterocycles. The molecule has 2 N–H and O–H groups in total. The predicted octanol–water partition coefficient (Wildman–Crippen LogP) is 3.03. The summed E-state index contributed by atoms with van der Waals surface area (Å²) in [6.07, 6.45) is 8.84. The Hall–Kier alpha value is -0.120. The Morgan fingerprint density at radius 1 is 1.24 bits per heavy atom. The van der Waals surface area contributed by atoms with E-state index >= 15 is 0 Å². The SMILES string of the molecule is CCCNC1(CO)CCCC1CCN1CC(C)CCC1C. The fourth-order valence-corrected chi connectivity index (χ4v) is 4.45. The second kappa shape index (κ2) is 7.94. The Morgan fingerprint density at radius 2 is 2.05 bits per heavy atom. The van der Waals surface area contributed by atoms with Gasteiger partial charge in [0.15, 0.2) is 0 Å². The fourth-order valence-electron chi connectivity index (χ4n) is 4.45. The van der Waals surface area contributed by atoms with Gasteiger partial charge in [0.25, 0.3) is 0 Å². The average Bonchev–Trinajstić information content (AvgIpc) is 2.89. The Labute approximate surface area is 131 Å². The van der Waals surface area contributed by atoms with Crippen molar-refractivity contribution in [3.63, 3.8) is 0 Å². The number of piperidine rings is 1. The summed E-state index contributed by atoms with van der Waals surface area (Å²) in [4.78, 5) is 2.69. The van der Waals surface area contributed by atoms with E-state index in [0.29, 0.717) is 12.5 Å². The van der Waals surface area contributed by atoms with E-state index in [1.807, 2.05) is 0 Å². The first-order valence-corrected chi connectivity index (χ1v) is 9.21. The second-order valence-electron chi connectivity index (χ2n) is 7.65. The van der Waals surface area contributed by atoms with Crippen molar-refractivity contribution in [2.75, 3.05) is 26.2 Å². The summed E-state index contributed by atoms with van der Waals surface area (Å²) in [6.45, 7) is 10.8. The number of hydrogen-bond donors (Lipinski definition) is 2. The van der Waals surface area contributed by atoms with Crippen LogP contribution in [-0.2, 0) is 0 Å². The van der Waals surface area contributed by atoms with Gasteiger partial charge in [-0.3, -0.25) is 0 Å². The minimum absolute atomic E-state index is 0.0145. The third-order valence-electron chi connectivity index (χ3n) is 5.98. The van der Waals surface area contributed by atoms with Crippen LogP contribution in [-0.4, -0.2) is 47.8 Å². The van der Waals surface area contributed by atoms with Gasteiger partial charge in [0.05, 0.1) is 6.61 Å². The number of aliphatic hydroxyl groups excluding tert-OH is 1. The Balaban J connectivity index is 1.88. The lowest BCUT2D eigenvalue weighted by Crippen LogP contribution is -2.52. The summed E-state index contributed by atoms with van der Waals surface area (Å²) in [5.74, 6) is 1.50. The topological polar surface area (TPSA) is 35.5 Å². The number of likely N-dealkylation sites (tertiary alicyclic amines) is 1. The number of nitrogens with zero attached hydrogens (tertiary/aromatic N) is 1. The maximum atomic E-state index is 9.97. The third-order valence-corrected chi connectivity index (χ3v) is 5.98. The third kappa shape index (κ3) is 4.20. The van der Waals surface area contributed by atoms with E-state index in [0.717, 1.165) is 31.3 Å². The fraction of sp³-hybridized carbons (Fsp3) is 1.00. The van der Waals surface area contributed by atoms with Crippen molar-refractivity contribution >= 4 is 0 Å². The van der Waals surface area contributed by atoms with Gasteiger partial charge < -0.3 is 15.3 Å². The largest absolute Gasteiger partial charge is 0.394 e. The molecule has 0 amide bonds. The number of hydrogen-bond acceptors (Lipinski definition) is 3. The second-order valence-corrected chi connectivity index (χ2v) is 7.65. The number of aliphatic hydroxyl groups is 1. The minimum Gasteiger partial charge on any atom is -0.394 e. The van der Waals surface area contributed by atoms with Gasteiger partial charge in [-0.1, -0.05) is 20.3 Å². The van der Waals surface area contributed by atoms with Crippen LogP contribution in [0.4, 0.5) is 0 Å². The first-order chi connectivity index (χ1) is 10.1. The van der Waals surface area contributed by atoms with Crippen LogP contribution in [0.1, 0.15) is 65.7 Å². The zero-order chi connectivity index (χ0) is 15.3. The van der Waals surface area contributed by atoms with Crippen LogP contribution >= 0.6 is 0 Å². The minimum atomic E-state index is 0.0145. The Morgan fingerprint density at radius 3 is 2.76 bits per heavy atom. The molecule has 0 radical (unpaired) electrons. The van der Waals surface area contributed by atoms with Crippen LogP contribution in [0.5, 0.6) is 0 Å². The number of rotatable bonds is 7. The quantitative estimate of drug-likeness (QED) is 0.758. The molecular weight excluding hydrogens is 260 g/mol. The summed E-state index contributed by atoms with van der Waals surface area (Å²) in [7, 11) is 0. The van der Waals surface area contributed by atoms with Gasteiger partial charge in [-0.2, -0.15) is 0 Å². The number of nitrogens with one attached hydrogen (secondary N) is 1. The molecule has 2 fully saturated rings. The molecule has 0 aromatic rings. The van der Waals surface area contributed by atoms with Crippen LogP contribution in [0.2, 0.25) is 0 Å². The molecular formula is C18H36N2O.